The van der Waals surface area contributed by atoms with Crippen LogP contribution in [0.4, 0.5) is 5.69 Å². The number of fused-ring (bicyclic) bond motifs is 1. The number of phenols is 1. The summed E-state index contributed by atoms with van der Waals surface area (Å²) in [4.78, 5) is 4.65. The quantitative estimate of drug-likeness (QED) is 0.551. The zero-order valence-corrected chi connectivity index (χ0v) is 11.5. The second-order valence-electron chi connectivity index (χ2n) is 5.13. The molecule has 0 saturated heterocycles. The fourth-order valence-corrected chi connectivity index (χ4v) is 2.50. The van der Waals surface area contributed by atoms with E-state index in [0.29, 0.717) is 11.3 Å². The SMILES string of the molecule is CC(C)n1c(-c2cccc(N)c2O)nc2ccccc21. The van der Waals surface area contributed by atoms with Crippen LogP contribution in [0.2, 0.25) is 0 Å². The molecule has 0 radical (unpaired) electrons. The van der Waals surface area contributed by atoms with Gasteiger partial charge in [-0.3, -0.25) is 0 Å². The molecule has 0 aliphatic carbocycles. The van der Waals surface area contributed by atoms with Gasteiger partial charge in [-0.15, -0.1) is 0 Å². The van der Waals surface area contributed by atoms with Crippen LogP contribution in [0, 0.1) is 0 Å². The molecule has 1 heterocycles. The van der Waals surface area contributed by atoms with Gasteiger partial charge in [0, 0.05) is 6.04 Å². The third-order valence-electron chi connectivity index (χ3n) is 3.42. The molecule has 3 aromatic rings. The van der Waals surface area contributed by atoms with E-state index in [4.69, 9.17) is 5.73 Å². The molecule has 0 fully saturated rings. The Morgan fingerprint density at radius 1 is 1.10 bits per heavy atom. The number of hydrogen-bond donors (Lipinski definition) is 2. The van der Waals surface area contributed by atoms with E-state index in [-0.39, 0.29) is 11.8 Å². The summed E-state index contributed by atoms with van der Waals surface area (Å²) in [6, 6.07) is 13.5. The van der Waals surface area contributed by atoms with Gasteiger partial charge in [0.1, 0.15) is 11.6 Å². The van der Waals surface area contributed by atoms with Crippen LogP contribution in [0.3, 0.4) is 0 Å². The number of hydrogen-bond acceptors (Lipinski definition) is 3. The number of anilines is 1. The van der Waals surface area contributed by atoms with Crippen molar-refractivity contribution >= 4 is 16.7 Å². The highest BCUT2D eigenvalue weighted by atomic mass is 16.3. The van der Waals surface area contributed by atoms with Gasteiger partial charge in [0.15, 0.2) is 0 Å². The molecule has 0 atom stereocenters. The second-order valence-corrected chi connectivity index (χ2v) is 5.13. The van der Waals surface area contributed by atoms with Crippen molar-refractivity contribution in [3.8, 4) is 17.1 Å². The van der Waals surface area contributed by atoms with Gasteiger partial charge in [0.05, 0.1) is 22.3 Å². The van der Waals surface area contributed by atoms with Crippen molar-refractivity contribution in [2.75, 3.05) is 5.73 Å². The summed E-state index contributed by atoms with van der Waals surface area (Å²) in [6.45, 7) is 4.20. The lowest BCUT2D eigenvalue weighted by Crippen LogP contribution is -2.03. The van der Waals surface area contributed by atoms with Gasteiger partial charge in [-0.1, -0.05) is 18.2 Å². The first-order valence-electron chi connectivity index (χ1n) is 6.64. The molecule has 0 amide bonds. The Hall–Kier alpha value is -2.49. The van der Waals surface area contributed by atoms with E-state index in [1.165, 1.54) is 0 Å². The Labute approximate surface area is 117 Å². The normalized spacial score (nSPS) is 11.3. The van der Waals surface area contributed by atoms with E-state index in [1.54, 1.807) is 6.07 Å². The van der Waals surface area contributed by atoms with Crippen LogP contribution in [0.15, 0.2) is 42.5 Å². The fourth-order valence-electron chi connectivity index (χ4n) is 2.50. The number of para-hydroxylation sites is 3. The Morgan fingerprint density at radius 2 is 1.85 bits per heavy atom. The summed E-state index contributed by atoms with van der Waals surface area (Å²) in [7, 11) is 0. The number of nitrogens with zero attached hydrogens (tertiary/aromatic N) is 2. The average molecular weight is 267 g/mol. The smallest absolute Gasteiger partial charge is 0.149 e. The minimum absolute atomic E-state index is 0.0877. The van der Waals surface area contributed by atoms with E-state index in [9.17, 15) is 5.11 Å². The van der Waals surface area contributed by atoms with Gasteiger partial charge in [-0.2, -0.15) is 0 Å². The van der Waals surface area contributed by atoms with E-state index in [2.05, 4.69) is 23.4 Å². The van der Waals surface area contributed by atoms with Gasteiger partial charge in [0.25, 0.3) is 0 Å². The van der Waals surface area contributed by atoms with Crippen LogP contribution in [0.25, 0.3) is 22.4 Å². The van der Waals surface area contributed by atoms with Gasteiger partial charge < -0.3 is 15.4 Å². The van der Waals surface area contributed by atoms with Crippen LogP contribution < -0.4 is 5.73 Å². The van der Waals surface area contributed by atoms with Crippen molar-refractivity contribution in [2.45, 2.75) is 19.9 Å². The summed E-state index contributed by atoms with van der Waals surface area (Å²) in [5, 5.41) is 10.2. The molecule has 20 heavy (non-hydrogen) atoms. The molecule has 1 aromatic heterocycles. The molecule has 2 aromatic carbocycles. The number of phenolic OH excluding ortho intramolecular Hbond substituents is 1. The van der Waals surface area contributed by atoms with Crippen molar-refractivity contribution in [1.29, 1.82) is 0 Å². The Morgan fingerprint density at radius 3 is 2.60 bits per heavy atom. The Bertz CT molecular complexity index is 774. The molecule has 0 bridgehead atoms. The largest absolute Gasteiger partial charge is 0.505 e. The monoisotopic (exact) mass is 267 g/mol. The predicted octanol–water partition coefficient (Wildman–Crippen LogP) is 3.57. The highest BCUT2D eigenvalue weighted by Crippen LogP contribution is 2.36. The number of aromatic nitrogens is 2. The molecule has 0 unspecified atom stereocenters. The van der Waals surface area contributed by atoms with E-state index in [0.717, 1.165) is 16.9 Å². The van der Waals surface area contributed by atoms with Crippen LogP contribution in [0.5, 0.6) is 5.75 Å². The fraction of sp³-hybridized carbons (Fsp3) is 0.188. The number of imidazole rings is 1. The molecule has 0 saturated carbocycles. The molecule has 3 N–H and O–H groups in total. The van der Waals surface area contributed by atoms with Crippen molar-refractivity contribution < 1.29 is 5.11 Å². The maximum atomic E-state index is 10.2. The third kappa shape index (κ3) is 1.81. The van der Waals surface area contributed by atoms with Crippen LogP contribution in [-0.4, -0.2) is 14.7 Å². The molecule has 0 aliphatic heterocycles. The summed E-state index contributed by atoms with van der Waals surface area (Å²) < 4.78 is 2.11. The van der Waals surface area contributed by atoms with Crippen LogP contribution in [0.1, 0.15) is 19.9 Å². The van der Waals surface area contributed by atoms with E-state index >= 15 is 0 Å². The Kier molecular flexibility index (Phi) is 2.86. The summed E-state index contributed by atoms with van der Waals surface area (Å²) >= 11 is 0. The minimum atomic E-state index is 0.0877. The molecule has 102 valence electrons. The molecular formula is C16H17N3O. The number of rotatable bonds is 2. The zero-order chi connectivity index (χ0) is 14.3. The molecular weight excluding hydrogens is 250 g/mol. The predicted molar refractivity (Wildman–Crippen MR) is 81.6 cm³/mol. The average Bonchev–Trinajstić information content (AvgIpc) is 2.81. The van der Waals surface area contributed by atoms with Crippen molar-refractivity contribution in [3.05, 3.63) is 42.5 Å². The van der Waals surface area contributed by atoms with E-state index < -0.39 is 0 Å². The lowest BCUT2D eigenvalue weighted by molar-refractivity contribution is 0.478. The molecule has 4 heteroatoms. The summed E-state index contributed by atoms with van der Waals surface area (Å²) in [5.41, 5.74) is 8.79. The van der Waals surface area contributed by atoms with Gasteiger partial charge in [-0.05, 0) is 38.1 Å². The molecule has 3 rings (SSSR count). The van der Waals surface area contributed by atoms with Crippen LogP contribution >= 0.6 is 0 Å². The lowest BCUT2D eigenvalue weighted by Gasteiger charge is -2.14. The number of nitrogens with two attached hydrogens (primary N) is 1. The first-order chi connectivity index (χ1) is 9.59. The summed E-state index contributed by atoms with van der Waals surface area (Å²) in [5.74, 6) is 0.829. The maximum Gasteiger partial charge on any atom is 0.149 e. The number of aromatic hydroxyl groups is 1. The van der Waals surface area contributed by atoms with Gasteiger partial charge >= 0.3 is 0 Å². The topological polar surface area (TPSA) is 64.1 Å². The molecule has 4 nitrogen and oxygen atoms in total. The van der Waals surface area contributed by atoms with Crippen LogP contribution in [-0.2, 0) is 0 Å². The second kappa shape index (κ2) is 4.56. The third-order valence-corrected chi connectivity index (χ3v) is 3.42. The standard InChI is InChI=1S/C16H17N3O/c1-10(2)19-14-9-4-3-8-13(14)18-16(19)11-6-5-7-12(17)15(11)20/h3-10,20H,17H2,1-2H3. The lowest BCUT2D eigenvalue weighted by atomic mass is 10.1. The van der Waals surface area contributed by atoms with Gasteiger partial charge in [-0.25, -0.2) is 4.98 Å². The first kappa shape index (κ1) is 12.5. The summed E-state index contributed by atoms with van der Waals surface area (Å²) in [6.07, 6.45) is 0. The number of benzene rings is 2. The molecule has 0 spiro atoms. The Balaban J connectivity index is 2.36. The van der Waals surface area contributed by atoms with E-state index in [1.807, 2.05) is 36.4 Å². The number of nitrogen functional groups attached to an aromatic ring is 1. The van der Waals surface area contributed by atoms with Gasteiger partial charge in [0.2, 0.25) is 0 Å². The highest BCUT2D eigenvalue weighted by Gasteiger charge is 2.17. The zero-order valence-electron chi connectivity index (χ0n) is 11.5. The maximum absolute atomic E-state index is 10.2. The molecule has 0 aliphatic rings. The van der Waals surface area contributed by atoms with Crippen molar-refractivity contribution in [3.63, 3.8) is 0 Å². The highest BCUT2D eigenvalue weighted by molar-refractivity contribution is 5.83. The van der Waals surface area contributed by atoms with Crippen molar-refractivity contribution in [2.24, 2.45) is 0 Å². The minimum Gasteiger partial charge on any atom is -0.505 e. The first-order valence-corrected chi connectivity index (χ1v) is 6.64. The van der Waals surface area contributed by atoms with Crippen molar-refractivity contribution in [1.82, 2.24) is 9.55 Å².